The predicted molar refractivity (Wildman–Crippen MR) is 61.8 cm³/mol. The lowest BCUT2D eigenvalue weighted by Crippen LogP contribution is -2.43. The van der Waals surface area contributed by atoms with E-state index in [0.717, 1.165) is 12.3 Å². The first-order valence-electron chi connectivity index (χ1n) is 5.98. The summed E-state index contributed by atoms with van der Waals surface area (Å²) >= 11 is 0. The monoisotopic (exact) mass is 207 g/mol. The van der Waals surface area contributed by atoms with Gasteiger partial charge in [-0.25, -0.2) is 0 Å². The molecule has 2 rings (SSSR count). The summed E-state index contributed by atoms with van der Waals surface area (Å²) in [6.45, 7) is 5.31. The molecule has 0 saturated heterocycles. The average molecular weight is 207 g/mol. The number of furan rings is 1. The molecule has 0 unspecified atom stereocenters. The first-order valence-corrected chi connectivity index (χ1v) is 5.98. The van der Waals surface area contributed by atoms with Gasteiger partial charge in [-0.1, -0.05) is 19.3 Å². The van der Waals surface area contributed by atoms with Gasteiger partial charge in [0, 0.05) is 5.54 Å². The summed E-state index contributed by atoms with van der Waals surface area (Å²) in [5.41, 5.74) is 1.58. The summed E-state index contributed by atoms with van der Waals surface area (Å²) in [6, 6.07) is 2.03. The Morgan fingerprint density at radius 2 is 2.07 bits per heavy atom. The van der Waals surface area contributed by atoms with Crippen LogP contribution < -0.4 is 5.32 Å². The van der Waals surface area contributed by atoms with Crippen LogP contribution in [-0.2, 0) is 6.54 Å². The van der Waals surface area contributed by atoms with Crippen LogP contribution in [-0.4, -0.2) is 5.54 Å². The van der Waals surface area contributed by atoms with Gasteiger partial charge in [-0.15, -0.1) is 0 Å². The van der Waals surface area contributed by atoms with Crippen LogP contribution in [0, 0.1) is 6.92 Å². The molecule has 0 aliphatic heterocycles. The zero-order valence-electron chi connectivity index (χ0n) is 9.81. The van der Waals surface area contributed by atoms with Crippen LogP contribution in [0.1, 0.15) is 50.4 Å². The second kappa shape index (κ2) is 4.40. The number of rotatable bonds is 3. The molecular weight excluding hydrogens is 186 g/mol. The Morgan fingerprint density at radius 1 is 1.33 bits per heavy atom. The van der Waals surface area contributed by atoms with Crippen LogP contribution in [0.2, 0.25) is 0 Å². The number of aryl methyl sites for hydroxylation is 1. The summed E-state index contributed by atoms with van der Waals surface area (Å²) in [4.78, 5) is 0. The summed E-state index contributed by atoms with van der Waals surface area (Å²) in [7, 11) is 0. The van der Waals surface area contributed by atoms with Crippen molar-refractivity contribution in [1.82, 2.24) is 5.32 Å². The van der Waals surface area contributed by atoms with Gasteiger partial charge in [-0.2, -0.15) is 0 Å². The van der Waals surface area contributed by atoms with Gasteiger partial charge in [0.2, 0.25) is 0 Å². The smallest absolute Gasteiger partial charge is 0.120 e. The molecule has 1 N–H and O–H groups in total. The Labute approximate surface area is 92.1 Å². The maximum atomic E-state index is 5.44. The topological polar surface area (TPSA) is 25.2 Å². The highest BCUT2D eigenvalue weighted by Gasteiger charge is 2.26. The standard InChI is InChI=1S/C13H21NO/c1-11-6-9-15-12(11)10-14-13(2)7-4-3-5-8-13/h6,9,14H,3-5,7-8,10H2,1-2H3. The van der Waals surface area contributed by atoms with Crippen molar-refractivity contribution >= 4 is 0 Å². The highest BCUT2D eigenvalue weighted by molar-refractivity contribution is 5.14. The fourth-order valence-corrected chi connectivity index (χ4v) is 2.39. The summed E-state index contributed by atoms with van der Waals surface area (Å²) in [6.07, 6.45) is 8.49. The van der Waals surface area contributed by atoms with Gasteiger partial charge >= 0.3 is 0 Å². The van der Waals surface area contributed by atoms with E-state index >= 15 is 0 Å². The number of hydrogen-bond donors (Lipinski definition) is 1. The van der Waals surface area contributed by atoms with E-state index in [2.05, 4.69) is 19.2 Å². The van der Waals surface area contributed by atoms with E-state index in [1.165, 1.54) is 37.7 Å². The van der Waals surface area contributed by atoms with Crippen LogP contribution in [0.3, 0.4) is 0 Å². The highest BCUT2D eigenvalue weighted by atomic mass is 16.3. The van der Waals surface area contributed by atoms with Gasteiger partial charge in [0.15, 0.2) is 0 Å². The first-order chi connectivity index (χ1) is 7.20. The SMILES string of the molecule is Cc1ccoc1CNC1(C)CCCCC1. The first kappa shape index (κ1) is 10.7. The number of nitrogens with one attached hydrogen (secondary N) is 1. The van der Waals surface area contributed by atoms with Crippen molar-refractivity contribution < 1.29 is 4.42 Å². The van der Waals surface area contributed by atoms with Crippen molar-refractivity contribution in [1.29, 1.82) is 0 Å². The van der Waals surface area contributed by atoms with E-state index in [9.17, 15) is 0 Å². The molecule has 0 amide bonds. The molecule has 1 aliphatic rings. The zero-order chi connectivity index (χ0) is 10.7. The van der Waals surface area contributed by atoms with Crippen molar-refractivity contribution in [3.63, 3.8) is 0 Å². The maximum Gasteiger partial charge on any atom is 0.120 e. The van der Waals surface area contributed by atoms with E-state index in [4.69, 9.17) is 4.42 Å². The van der Waals surface area contributed by atoms with Crippen molar-refractivity contribution in [3.8, 4) is 0 Å². The fraction of sp³-hybridized carbons (Fsp3) is 0.692. The lowest BCUT2D eigenvalue weighted by Gasteiger charge is -2.34. The Morgan fingerprint density at radius 3 is 2.67 bits per heavy atom. The second-order valence-corrected chi connectivity index (χ2v) is 5.00. The molecule has 0 aromatic carbocycles. The number of hydrogen-bond acceptors (Lipinski definition) is 2. The molecule has 1 aliphatic carbocycles. The van der Waals surface area contributed by atoms with Crippen LogP contribution in [0.4, 0.5) is 0 Å². The molecule has 0 bridgehead atoms. The summed E-state index contributed by atoms with van der Waals surface area (Å²) in [5, 5.41) is 3.65. The van der Waals surface area contributed by atoms with Gasteiger partial charge < -0.3 is 9.73 Å². The zero-order valence-corrected chi connectivity index (χ0v) is 9.81. The Hall–Kier alpha value is -0.760. The largest absolute Gasteiger partial charge is 0.468 e. The van der Waals surface area contributed by atoms with E-state index in [1.54, 1.807) is 6.26 Å². The molecule has 84 valence electrons. The molecule has 0 radical (unpaired) electrons. The molecular formula is C13H21NO. The minimum Gasteiger partial charge on any atom is -0.468 e. The highest BCUT2D eigenvalue weighted by Crippen LogP contribution is 2.28. The molecule has 1 aromatic rings. The quantitative estimate of drug-likeness (QED) is 0.821. The van der Waals surface area contributed by atoms with E-state index in [-0.39, 0.29) is 0 Å². The maximum absolute atomic E-state index is 5.44. The van der Waals surface area contributed by atoms with E-state index < -0.39 is 0 Å². The molecule has 1 fully saturated rings. The Kier molecular flexibility index (Phi) is 3.15. The minimum atomic E-state index is 0.331. The third-order valence-electron chi connectivity index (χ3n) is 3.60. The van der Waals surface area contributed by atoms with Crippen LogP contribution >= 0.6 is 0 Å². The van der Waals surface area contributed by atoms with E-state index in [0.29, 0.717) is 5.54 Å². The fourth-order valence-electron chi connectivity index (χ4n) is 2.39. The van der Waals surface area contributed by atoms with Crippen molar-refractivity contribution in [2.45, 2.75) is 58.0 Å². The van der Waals surface area contributed by atoms with Crippen LogP contribution in [0.25, 0.3) is 0 Å². The molecule has 0 spiro atoms. The molecule has 1 heterocycles. The molecule has 2 nitrogen and oxygen atoms in total. The molecule has 1 saturated carbocycles. The molecule has 2 heteroatoms. The second-order valence-electron chi connectivity index (χ2n) is 5.00. The van der Waals surface area contributed by atoms with Gasteiger partial charge in [-0.3, -0.25) is 0 Å². The van der Waals surface area contributed by atoms with Crippen molar-refractivity contribution in [3.05, 3.63) is 23.7 Å². The Bertz CT molecular complexity index is 310. The van der Waals surface area contributed by atoms with Gasteiger partial charge in [0.1, 0.15) is 5.76 Å². The van der Waals surface area contributed by atoms with Crippen molar-refractivity contribution in [2.24, 2.45) is 0 Å². The van der Waals surface area contributed by atoms with Gasteiger partial charge in [-0.05, 0) is 38.3 Å². The Balaban J connectivity index is 1.89. The minimum absolute atomic E-state index is 0.331. The van der Waals surface area contributed by atoms with Crippen molar-refractivity contribution in [2.75, 3.05) is 0 Å². The summed E-state index contributed by atoms with van der Waals surface area (Å²) < 4.78 is 5.44. The lowest BCUT2D eigenvalue weighted by molar-refractivity contribution is 0.245. The normalized spacial score (nSPS) is 20.4. The average Bonchev–Trinajstić information content (AvgIpc) is 2.62. The van der Waals surface area contributed by atoms with Crippen LogP contribution in [0.15, 0.2) is 16.7 Å². The molecule has 1 aromatic heterocycles. The third-order valence-corrected chi connectivity index (χ3v) is 3.60. The molecule has 0 atom stereocenters. The lowest BCUT2D eigenvalue weighted by atomic mass is 9.83. The predicted octanol–water partition coefficient (Wildman–Crippen LogP) is 3.40. The van der Waals surface area contributed by atoms with Gasteiger partial charge in [0.25, 0.3) is 0 Å². The van der Waals surface area contributed by atoms with E-state index in [1.807, 2.05) is 6.07 Å². The van der Waals surface area contributed by atoms with Crippen LogP contribution in [0.5, 0.6) is 0 Å². The molecule has 15 heavy (non-hydrogen) atoms. The third kappa shape index (κ3) is 2.63. The van der Waals surface area contributed by atoms with Gasteiger partial charge in [0.05, 0.1) is 12.8 Å². The summed E-state index contributed by atoms with van der Waals surface area (Å²) in [5.74, 6) is 1.08.